The molecule has 2 aromatic carbocycles. The topological polar surface area (TPSA) is 64.4 Å². The summed E-state index contributed by atoms with van der Waals surface area (Å²) in [7, 11) is 0. The second-order valence-corrected chi connectivity index (χ2v) is 4.24. The molecular formula is C15H16N2O3. The van der Waals surface area contributed by atoms with Gasteiger partial charge in [-0.05, 0) is 24.7 Å². The van der Waals surface area contributed by atoms with Crippen LogP contribution in [0.1, 0.15) is 12.5 Å². The van der Waals surface area contributed by atoms with E-state index in [2.05, 4.69) is 5.32 Å². The first-order chi connectivity index (χ1) is 9.70. The number of nitrogens with one attached hydrogen (secondary N) is 1. The molecule has 0 heterocycles. The van der Waals surface area contributed by atoms with E-state index in [4.69, 9.17) is 4.74 Å². The van der Waals surface area contributed by atoms with Crippen LogP contribution in [0, 0.1) is 10.1 Å². The molecule has 0 bridgehead atoms. The summed E-state index contributed by atoms with van der Waals surface area (Å²) in [5, 5.41) is 13.8. The van der Waals surface area contributed by atoms with Gasteiger partial charge in [0, 0.05) is 24.2 Å². The van der Waals surface area contributed by atoms with Gasteiger partial charge >= 0.3 is 0 Å². The fourth-order valence-corrected chi connectivity index (χ4v) is 1.77. The van der Waals surface area contributed by atoms with E-state index in [0.29, 0.717) is 5.75 Å². The maximum atomic E-state index is 10.6. The van der Waals surface area contributed by atoms with Crippen LogP contribution in [0.25, 0.3) is 0 Å². The minimum Gasteiger partial charge on any atom is -0.457 e. The Labute approximate surface area is 117 Å². The second kappa shape index (κ2) is 6.68. The lowest BCUT2D eigenvalue weighted by atomic mass is 10.2. The molecule has 5 heteroatoms. The van der Waals surface area contributed by atoms with Crippen LogP contribution in [0.2, 0.25) is 0 Å². The van der Waals surface area contributed by atoms with E-state index in [-0.39, 0.29) is 5.69 Å². The van der Waals surface area contributed by atoms with Crippen LogP contribution in [0.3, 0.4) is 0 Å². The molecule has 0 aliphatic carbocycles. The molecule has 2 rings (SSSR count). The monoisotopic (exact) mass is 272 g/mol. The molecule has 0 fully saturated rings. The number of hydrogen-bond acceptors (Lipinski definition) is 4. The van der Waals surface area contributed by atoms with Gasteiger partial charge in [-0.2, -0.15) is 0 Å². The molecule has 0 amide bonds. The van der Waals surface area contributed by atoms with E-state index in [1.807, 2.05) is 31.2 Å². The van der Waals surface area contributed by atoms with Crippen molar-refractivity contribution in [1.82, 2.24) is 5.32 Å². The highest BCUT2D eigenvalue weighted by Crippen LogP contribution is 2.26. The minimum atomic E-state index is -0.428. The highest BCUT2D eigenvalue weighted by molar-refractivity contribution is 5.41. The highest BCUT2D eigenvalue weighted by atomic mass is 16.6. The zero-order valence-electron chi connectivity index (χ0n) is 11.2. The Bertz CT molecular complexity index is 582. The molecule has 5 nitrogen and oxygen atoms in total. The zero-order chi connectivity index (χ0) is 14.4. The highest BCUT2D eigenvalue weighted by Gasteiger charge is 2.07. The third-order valence-electron chi connectivity index (χ3n) is 2.81. The fraction of sp³-hybridized carbons (Fsp3) is 0.200. The van der Waals surface area contributed by atoms with Crippen molar-refractivity contribution in [1.29, 1.82) is 0 Å². The van der Waals surface area contributed by atoms with Crippen molar-refractivity contribution in [3.63, 3.8) is 0 Å². The van der Waals surface area contributed by atoms with Gasteiger partial charge in [0.05, 0.1) is 4.92 Å². The van der Waals surface area contributed by atoms with E-state index in [0.717, 1.165) is 24.4 Å². The summed E-state index contributed by atoms with van der Waals surface area (Å²) in [5.74, 6) is 1.34. The van der Waals surface area contributed by atoms with Gasteiger partial charge in [-0.25, -0.2) is 0 Å². The molecule has 0 unspecified atom stereocenters. The van der Waals surface area contributed by atoms with E-state index in [9.17, 15) is 10.1 Å². The van der Waals surface area contributed by atoms with Crippen LogP contribution >= 0.6 is 0 Å². The zero-order valence-corrected chi connectivity index (χ0v) is 11.2. The average molecular weight is 272 g/mol. The summed E-state index contributed by atoms with van der Waals surface area (Å²) < 4.78 is 5.78. The second-order valence-electron chi connectivity index (χ2n) is 4.24. The molecule has 104 valence electrons. The van der Waals surface area contributed by atoms with Crippen molar-refractivity contribution in [2.45, 2.75) is 13.5 Å². The van der Waals surface area contributed by atoms with E-state index < -0.39 is 4.92 Å². The Balaban J connectivity index is 2.14. The van der Waals surface area contributed by atoms with Crippen LogP contribution in [0.15, 0.2) is 48.5 Å². The summed E-state index contributed by atoms with van der Waals surface area (Å²) in [6, 6.07) is 13.8. The van der Waals surface area contributed by atoms with Crippen molar-refractivity contribution in [2.24, 2.45) is 0 Å². The summed E-state index contributed by atoms with van der Waals surface area (Å²) >= 11 is 0. The SMILES string of the molecule is CCNCc1ccccc1Oc1ccc([N+](=O)[O-])cc1. The molecule has 0 saturated heterocycles. The first-order valence-corrected chi connectivity index (χ1v) is 6.41. The standard InChI is InChI=1S/C15H16N2O3/c1-2-16-11-12-5-3-4-6-15(12)20-14-9-7-13(8-10-14)17(18)19/h3-10,16H,2,11H2,1H3. The smallest absolute Gasteiger partial charge is 0.269 e. The van der Waals surface area contributed by atoms with Crippen molar-refractivity contribution in [3.05, 3.63) is 64.2 Å². The van der Waals surface area contributed by atoms with E-state index in [1.165, 1.54) is 12.1 Å². The molecule has 0 aromatic heterocycles. The number of para-hydroxylation sites is 1. The van der Waals surface area contributed by atoms with Crippen molar-refractivity contribution >= 4 is 5.69 Å². The number of rotatable bonds is 6. The average Bonchev–Trinajstić information content (AvgIpc) is 2.47. The molecule has 0 aliphatic rings. The molecule has 20 heavy (non-hydrogen) atoms. The van der Waals surface area contributed by atoms with Crippen LogP contribution in [0.5, 0.6) is 11.5 Å². The number of nitro groups is 1. The van der Waals surface area contributed by atoms with Gasteiger partial charge < -0.3 is 10.1 Å². The van der Waals surface area contributed by atoms with Gasteiger partial charge in [-0.3, -0.25) is 10.1 Å². The predicted octanol–water partition coefficient (Wildman–Crippen LogP) is 3.50. The molecule has 0 aliphatic heterocycles. The molecular weight excluding hydrogens is 256 g/mol. The van der Waals surface area contributed by atoms with Gasteiger partial charge in [0.1, 0.15) is 11.5 Å². The maximum Gasteiger partial charge on any atom is 0.269 e. The quantitative estimate of drug-likeness (QED) is 0.645. The van der Waals surface area contributed by atoms with Gasteiger partial charge in [-0.15, -0.1) is 0 Å². The van der Waals surface area contributed by atoms with Crippen LogP contribution in [0.4, 0.5) is 5.69 Å². The maximum absolute atomic E-state index is 10.6. The van der Waals surface area contributed by atoms with Crippen molar-refractivity contribution in [2.75, 3.05) is 6.54 Å². The predicted molar refractivity (Wildman–Crippen MR) is 77.0 cm³/mol. The van der Waals surface area contributed by atoms with Gasteiger partial charge in [-0.1, -0.05) is 25.1 Å². The van der Waals surface area contributed by atoms with Crippen molar-refractivity contribution in [3.8, 4) is 11.5 Å². The summed E-state index contributed by atoms with van der Waals surface area (Å²) in [4.78, 5) is 10.2. The summed E-state index contributed by atoms with van der Waals surface area (Å²) in [6.07, 6.45) is 0. The van der Waals surface area contributed by atoms with Crippen LogP contribution in [-0.2, 0) is 6.54 Å². The lowest BCUT2D eigenvalue weighted by Crippen LogP contribution is -2.12. The molecule has 1 N–H and O–H groups in total. The molecule has 0 radical (unpaired) electrons. The fourth-order valence-electron chi connectivity index (χ4n) is 1.77. The third kappa shape index (κ3) is 3.55. The lowest BCUT2D eigenvalue weighted by Gasteiger charge is -2.11. The van der Waals surface area contributed by atoms with Crippen LogP contribution < -0.4 is 10.1 Å². The number of non-ortho nitro benzene ring substituents is 1. The molecule has 0 atom stereocenters. The van der Waals surface area contributed by atoms with Crippen molar-refractivity contribution < 1.29 is 9.66 Å². The molecule has 2 aromatic rings. The summed E-state index contributed by atoms with van der Waals surface area (Å²) in [6.45, 7) is 3.64. The molecule has 0 spiro atoms. The van der Waals surface area contributed by atoms with Gasteiger partial charge in [0.15, 0.2) is 0 Å². The van der Waals surface area contributed by atoms with E-state index >= 15 is 0 Å². The number of nitro benzene ring substituents is 1. The first kappa shape index (κ1) is 14.0. The Morgan fingerprint density at radius 3 is 2.50 bits per heavy atom. The Morgan fingerprint density at radius 1 is 1.15 bits per heavy atom. The van der Waals surface area contributed by atoms with Gasteiger partial charge in [0.2, 0.25) is 0 Å². The normalized spacial score (nSPS) is 10.2. The minimum absolute atomic E-state index is 0.0540. The Hall–Kier alpha value is -2.40. The molecule has 0 saturated carbocycles. The number of nitrogens with zero attached hydrogens (tertiary/aromatic N) is 1. The number of hydrogen-bond donors (Lipinski definition) is 1. The third-order valence-corrected chi connectivity index (χ3v) is 2.81. The number of ether oxygens (including phenoxy) is 1. The van der Waals surface area contributed by atoms with E-state index in [1.54, 1.807) is 12.1 Å². The Morgan fingerprint density at radius 2 is 1.85 bits per heavy atom. The summed E-state index contributed by atoms with van der Waals surface area (Å²) in [5.41, 5.74) is 1.10. The lowest BCUT2D eigenvalue weighted by molar-refractivity contribution is -0.384. The largest absolute Gasteiger partial charge is 0.457 e. The Kier molecular flexibility index (Phi) is 4.68. The number of benzene rings is 2. The van der Waals surface area contributed by atoms with Gasteiger partial charge in [0.25, 0.3) is 5.69 Å². The van der Waals surface area contributed by atoms with Crippen LogP contribution in [-0.4, -0.2) is 11.5 Å². The first-order valence-electron chi connectivity index (χ1n) is 6.41.